The maximum Gasteiger partial charge on any atom is 0.328 e. The molecule has 4 amide bonds. The van der Waals surface area contributed by atoms with E-state index in [1.165, 1.54) is 34.7 Å². The second-order valence-corrected chi connectivity index (χ2v) is 9.26. The van der Waals surface area contributed by atoms with Crippen molar-refractivity contribution >= 4 is 17.8 Å². The maximum atomic E-state index is 13.4. The van der Waals surface area contributed by atoms with Gasteiger partial charge < -0.3 is 15.3 Å². The summed E-state index contributed by atoms with van der Waals surface area (Å²) in [5.41, 5.74) is -3.45. The zero-order valence-electron chi connectivity index (χ0n) is 19.3. The van der Waals surface area contributed by atoms with Crippen LogP contribution < -0.4 is 21.9 Å². The van der Waals surface area contributed by atoms with Crippen LogP contribution in [0.2, 0.25) is 0 Å². The number of urea groups is 1. The number of piperidine rings is 1. The van der Waals surface area contributed by atoms with Crippen LogP contribution in [0.15, 0.2) is 40.1 Å². The highest BCUT2D eigenvalue weighted by Gasteiger charge is 2.48. The lowest BCUT2D eigenvalue weighted by atomic mass is 9.84. The van der Waals surface area contributed by atoms with Crippen molar-refractivity contribution in [3.63, 3.8) is 0 Å². The first-order valence-corrected chi connectivity index (χ1v) is 11.1. The Hall–Kier alpha value is -3.80. The first-order chi connectivity index (χ1) is 16.4. The number of rotatable bonds is 5. The summed E-state index contributed by atoms with van der Waals surface area (Å²) in [5, 5.41) is 15.7. The van der Waals surface area contributed by atoms with Crippen LogP contribution in [0.25, 0.3) is 0 Å². The second-order valence-electron chi connectivity index (χ2n) is 9.26. The SMILES string of the molecule is Cc1cn([C@@H]2CN(C(=O)CCC3(c4ccc(F)cc4)NC(=O)NC3=O)CC[C@@]2(C)O)c(=O)[nH]c1=O. The van der Waals surface area contributed by atoms with Gasteiger partial charge in [-0.1, -0.05) is 12.1 Å². The average molecular weight is 487 g/mol. The molecule has 0 radical (unpaired) electrons. The molecule has 3 heterocycles. The number of benzene rings is 1. The average Bonchev–Trinajstić information content (AvgIpc) is 3.09. The molecular weight excluding hydrogens is 461 g/mol. The van der Waals surface area contributed by atoms with Gasteiger partial charge in [0.05, 0.1) is 11.6 Å². The van der Waals surface area contributed by atoms with Crippen LogP contribution in [0, 0.1) is 12.7 Å². The number of imide groups is 1. The molecule has 2 saturated heterocycles. The number of amides is 4. The van der Waals surface area contributed by atoms with Crippen molar-refractivity contribution in [3.8, 4) is 0 Å². The van der Waals surface area contributed by atoms with E-state index in [4.69, 9.17) is 0 Å². The molecule has 0 saturated carbocycles. The summed E-state index contributed by atoms with van der Waals surface area (Å²) in [5.74, 6) is -1.50. The lowest BCUT2D eigenvalue weighted by Gasteiger charge is -2.43. The van der Waals surface area contributed by atoms with E-state index in [9.17, 15) is 33.5 Å². The van der Waals surface area contributed by atoms with Gasteiger partial charge in [0.2, 0.25) is 5.91 Å². The largest absolute Gasteiger partial charge is 0.388 e. The van der Waals surface area contributed by atoms with Crippen LogP contribution in [0.4, 0.5) is 9.18 Å². The zero-order valence-corrected chi connectivity index (χ0v) is 19.3. The first kappa shape index (κ1) is 24.3. The van der Waals surface area contributed by atoms with Gasteiger partial charge in [-0.25, -0.2) is 14.0 Å². The van der Waals surface area contributed by atoms with Crippen LogP contribution >= 0.6 is 0 Å². The van der Waals surface area contributed by atoms with Crippen molar-refractivity contribution in [2.75, 3.05) is 13.1 Å². The molecule has 11 nitrogen and oxygen atoms in total. The van der Waals surface area contributed by atoms with Crippen LogP contribution in [-0.4, -0.2) is 56.1 Å². The van der Waals surface area contributed by atoms with Crippen LogP contribution in [0.3, 0.4) is 0 Å². The Bertz CT molecular complexity index is 1300. The molecule has 0 spiro atoms. The third kappa shape index (κ3) is 4.48. The predicted molar refractivity (Wildman–Crippen MR) is 121 cm³/mol. The Labute approximate surface area is 198 Å². The van der Waals surface area contributed by atoms with E-state index in [0.717, 1.165) is 12.1 Å². The van der Waals surface area contributed by atoms with Crippen molar-refractivity contribution in [2.24, 2.45) is 0 Å². The van der Waals surface area contributed by atoms with Crippen molar-refractivity contribution < 1.29 is 23.9 Å². The summed E-state index contributed by atoms with van der Waals surface area (Å²) in [6.07, 6.45) is 1.31. The number of hydrogen-bond donors (Lipinski definition) is 4. The summed E-state index contributed by atoms with van der Waals surface area (Å²) >= 11 is 0. The highest BCUT2D eigenvalue weighted by Crippen LogP contribution is 2.33. The van der Waals surface area contributed by atoms with Gasteiger partial charge in [-0.3, -0.25) is 29.3 Å². The molecule has 4 N–H and O–H groups in total. The lowest BCUT2D eigenvalue weighted by Crippen LogP contribution is -2.55. The Balaban J connectivity index is 1.55. The normalized spacial score (nSPS) is 26.4. The van der Waals surface area contributed by atoms with Crippen LogP contribution in [0.1, 0.15) is 43.4 Å². The van der Waals surface area contributed by atoms with Crippen LogP contribution in [0.5, 0.6) is 0 Å². The monoisotopic (exact) mass is 487 g/mol. The Morgan fingerprint density at radius 3 is 2.51 bits per heavy atom. The van der Waals surface area contributed by atoms with Gasteiger partial charge in [0.25, 0.3) is 11.5 Å². The van der Waals surface area contributed by atoms with E-state index >= 15 is 0 Å². The Kier molecular flexibility index (Phi) is 6.09. The molecule has 35 heavy (non-hydrogen) atoms. The van der Waals surface area contributed by atoms with Crippen molar-refractivity contribution in [3.05, 3.63) is 68.2 Å². The van der Waals surface area contributed by atoms with E-state index < -0.39 is 46.2 Å². The van der Waals surface area contributed by atoms with Crippen LogP contribution in [-0.2, 0) is 15.1 Å². The molecule has 4 rings (SSSR count). The standard InChI is InChI=1S/C23H26FN5O6/c1-13-11-29(21(34)25-18(13)31)16-12-28(10-9-22(16,2)35)17(30)7-8-23(19(32)26-20(33)27-23)14-3-5-15(24)6-4-14/h3-6,11,16,35H,7-10,12H2,1-2H3,(H,25,31,34)(H2,26,27,32,33)/t16-,22-,23?/m1/s1. The van der Waals surface area contributed by atoms with Gasteiger partial charge in [0.1, 0.15) is 11.4 Å². The zero-order chi connectivity index (χ0) is 25.5. The van der Waals surface area contributed by atoms with E-state index in [0.29, 0.717) is 5.56 Å². The number of carbonyl (C=O) groups is 3. The molecule has 186 valence electrons. The number of carbonyl (C=O) groups excluding carboxylic acids is 3. The van der Waals surface area contributed by atoms with E-state index in [1.54, 1.807) is 6.92 Å². The van der Waals surface area contributed by atoms with E-state index in [2.05, 4.69) is 15.6 Å². The smallest absolute Gasteiger partial charge is 0.328 e. The van der Waals surface area contributed by atoms with E-state index in [-0.39, 0.29) is 43.8 Å². The number of nitrogens with one attached hydrogen (secondary N) is 3. The number of likely N-dealkylation sites (tertiary alicyclic amines) is 1. The fourth-order valence-electron chi connectivity index (χ4n) is 4.66. The highest BCUT2D eigenvalue weighted by molar-refractivity contribution is 6.07. The topological polar surface area (TPSA) is 154 Å². The number of aryl methyl sites for hydroxylation is 1. The maximum absolute atomic E-state index is 13.4. The predicted octanol–water partition coefficient (Wildman–Crippen LogP) is 0.0236. The Morgan fingerprint density at radius 2 is 1.89 bits per heavy atom. The molecule has 1 aromatic carbocycles. The third-order valence-electron chi connectivity index (χ3n) is 6.83. The summed E-state index contributed by atoms with van der Waals surface area (Å²) < 4.78 is 14.7. The third-order valence-corrected chi connectivity index (χ3v) is 6.83. The number of aliphatic hydroxyl groups is 1. The van der Waals surface area contributed by atoms with Gasteiger partial charge in [0.15, 0.2) is 0 Å². The van der Waals surface area contributed by atoms with Gasteiger partial charge >= 0.3 is 11.7 Å². The molecule has 1 unspecified atom stereocenters. The number of nitrogens with zero attached hydrogens (tertiary/aromatic N) is 2. The Morgan fingerprint density at radius 1 is 1.20 bits per heavy atom. The molecule has 2 aliphatic heterocycles. The lowest BCUT2D eigenvalue weighted by molar-refractivity contribution is -0.138. The molecule has 2 fully saturated rings. The molecule has 0 bridgehead atoms. The van der Waals surface area contributed by atoms with Crippen molar-refractivity contribution in [2.45, 2.75) is 50.3 Å². The molecule has 2 aliphatic rings. The van der Waals surface area contributed by atoms with Gasteiger partial charge in [0, 0.05) is 31.3 Å². The molecule has 1 aromatic heterocycles. The summed E-state index contributed by atoms with van der Waals surface area (Å²) in [6, 6.07) is 3.56. The minimum Gasteiger partial charge on any atom is -0.388 e. The van der Waals surface area contributed by atoms with E-state index in [1.807, 2.05) is 0 Å². The minimum absolute atomic E-state index is 0.000667. The molecule has 12 heteroatoms. The molecule has 0 aliphatic carbocycles. The van der Waals surface area contributed by atoms with Crippen molar-refractivity contribution in [1.29, 1.82) is 0 Å². The number of H-pyrrole nitrogens is 1. The fraction of sp³-hybridized carbons (Fsp3) is 0.435. The van der Waals surface area contributed by atoms with Gasteiger partial charge in [-0.15, -0.1) is 0 Å². The number of halogens is 1. The van der Waals surface area contributed by atoms with Crippen molar-refractivity contribution in [1.82, 2.24) is 25.1 Å². The molecule has 3 atom stereocenters. The van der Waals surface area contributed by atoms with Gasteiger partial charge in [-0.2, -0.15) is 0 Å². The summed E-state index contributed by atoms with van der Waals surface area (Å²) in [4.78, 5) is 65.6. The molecule has 2 aromatic rings. The number of hydrogen-bond acceptors (Lipinski definition) is 6. The first-order valence-electron chi connectivity index (χ1n) is 11.1. The summed E-state index contributed by atoms with van der Waals surface area (Å²) in [6.45, 7) is 3.31. The second kappa shape index (κ2) is 8.77. The number of aromatic amines is 1. The molecular formula is C23H26FN5O6. The number of aromatic nitrogens is 2. The van der Waals surface area contributed by atoms with Gasteiger partial charge in [-0.05, 0) is 44.4 Å². The highest BCUT2D eigenvalue weighted by atomic mass is 19.1. The quantitative estimate of drug-likeness (QED) is 0.436. The summed E-state index contributed by atoms with van der Waals surface area (Å²) in [7, 11) is 0. The minimum atomic E-state index is -1.53. The fourth-order valence-corrected chi connectivity index (χ4v) is 4.66.